The largest absolute Gasteiger partial charge is 0.466 e. The highest BCUT2D eigenvalue weighted by molar-refractivity contribution is 9.09. The first-order valence-corrected chi connectivity index (χ1v) is 14.9. The first-order chi connectivity index (χ1) is 16.8. The summed E-state index contributed by atoms with van der Waals surface area (Å²) < 4.78 is 4.73. The standard InChI is InChI=1S/C27H43BrN2O5S/c1-8-12-30(26(6,7)16-25(3,4)5)23(33)21-27-15-17(28)20(36-27)18(24(34)35-9-2)19(27)22(32)29(21)13-10-11-14-31/h8,17-21,31H,1,9-16H2,2-7H3/t17?,18-,19+,20-,21?,27?/m1/s1. The van der Waals surface area contributed by atoms with Gasteiger partial charge in [-0.25, -0.2) is 0 Å². The zero-order chi connectivity index (χ0) is 27.1. The lowest BCUT2D eigenvalue weighted by molar-refractivity contribution is -0.153. The number of ether oxygens (including phenoxy) is 1. The Bertz CT molecular complexity index is 875. The third-order valence-corrected chi connectivity index (χ3v) is 10.9. The lowest BCUT2D eigenvalue weighted by atomic mass is 9.70. The summed E-state index contributed by atoms with van der Waals surface area (Å²) >= 11 is 5.41. The van der Waals surface area contributed by atoms with Crippen LogP contribution in [0.25, 0.3) is 0 Å². The zero-order valence-electron chi connectivity index (χ0n) is 22.6. The van der Waals surface area contributed by atoms with E-state index in [1.165, 1.54) is 0 Å². The van der Waals surface area contributed by atoms with Gasteiger partial charge in [-0.05, 0) is 51.9 Å². The molecule has 2 amide bonds. The number of alkyl halides is 1. The van der Waals surface area contributed by atoms with Crippen molar-refractivity contribution >= 4 is 45.5 Å². The van der Waals surface area contributed by atoms with E-state index >= 15 is 0 Å². The number of carbonyl (C=O) groups excluding carboxylic acids is 3. The van der Waals surface area contributed by atoms with E-state index in [-0.39, 0.29) is 46.5 Å². The van der Waals surface area contributed by atoms with Crippen LogP contribution in [0.2, 0.25) is 0 Å². The van der Waals surface area contributed by atoms with Gasteiger partial charge in [-0.2, -0.15) is 0 Å². The van der Waals surface area contributed by atoms with Crippen LogP contribution in [-0.2, 0) is 19.1 Å². The van der Waals surface area contributed by atoms with Gasteiger partial charge in [0.1, 0.15) is 6.04 Å². The van der Waals surface area contributed by atoms with Crippen molar-refractivity contribution in [2.75, 3.05) is 26.3 Å². The smallest absolute Gasteiger partial charge is 0.310 e. The molecule has 36 heavy (non-hydrogen) atoms. The molecule has 1 spiro atoms. The Balaban J connectivity index is 2.08. The van der Waals surface area contributed by atoms with Crippen molar-refractivity contribution in [1.82, 2.24) is 9.80 Å². The van der Waals surface area contributed by atoms with Gasteiger partial charge in [0, 0.05) is 35.3 Å². The molecule has 0 saturated carbocycles. The maximum absolute atomic E-state index is 14.6. The van der Waals surface area contributed by atoms with Gasteiger partial charge < -0.3 is 19.6 Å². The van der Waals surface area contributed by atoms with E-state index in [1.807, 2.05) is 4.90 Å². The van der Waals surface area contributed by atoms with E-state index in [2.05, 4.69) is 57.1 Å². The van der Waals surface area contributed by atoms with Gasteiger partial charge in [0.15, 0.2) is 0 Å². The number of amides is 2. The van der Waals surface area contributed by atoms with Gasteiger partial charge in [0.2, 0.25) is 11.8 Å². The molecular formula is C27H43BrN2O5S. The molecule has 7 nitrogen and oxygen atoms in total. The molecule has 0 aromatic rings. The molecule has 3 saturated heterocycles. The Morgan fingerprint density at radius 2 is 1.97 bits per heavy atom. The number of esters is 1. The number of rotatable bonds is 11. The third-order valence-electron chi connectivity index (χ3n) is 7.66. The molecule has 1 N–H and O–H groups in total. The van der Waals surface area contributed by atoms with Crippen molar-refractivity contribution in [3.63, 3.8) is 0 Å². The average Bonchev–Trinajstić information content (AvgIpc) is 3.34. The van der Waals surface area contributed by atoms with E-state index < -0.39 is 28.2 Å². The molecule has 0 aromatic carbocycles. The second kappa shape index (κ2) is 11.0. The number of carbonyl (C=O) groups is 3. The zero-order valence-corrected chi connectivity index (χ0v) is 25.0. The highest BCUT2D eigenvalue weighted by atomic mass is 79.9. The fraction of sp³-hybridized carbons (Fsp3) is 0.815. The van der Waals surface area contributed by atoms with Crippen LogP contribution in [0.15, 0.2) is 12.7 Å². The van der Waals surface area contributed by atoms with Crippen LogP contribution in [0.5, 0.6) is 0 Å². The number of aliphatic hydroxyl groups excluding tert-OH is 1. The van der Waals surface area contributed by atoms with Crippen LogP contribution < -0.4 is 0 Å². The second-order valence-corrected chi connectivity index (χ2v) is 14.9. The van der Waals surface area contributed by atoms with Gasteiger partial charge in [0.25, 0.3) is 0 Å². The summed E-state index contributed by atoms with van der Waals surface area (Å²) in [5.41, 5.74) is -0.472. The molecule has 3 fully saturated rings. The number of likely N-dealkylation sites (tertiary alicyclic amines) is 1. The van der Waals surface area contributed by atoms with E-state index in [0.29, 0.717) is 32.4 Å². The lowest BCUT2D eigenvalue weighted by Gasteiger charge is -2.46. The lowest BCUT2D eigenvalue weighted by Crippen LogP contribution is -2.60. The molecule has 9 heteroatoms. The van der Waals surface area contributed by atoms with Gasteiger partial charge in [-0.15, -0.1) is 18.3 Å². The topological polar surface area (TPSA) is 87.2 Å². The van der Waals surface area contributed by atoms with Crippen LogP contribution in [0, 0.1) is 17.3 Å². The summed E-state index contributed by atoms with van der Waals surface area (Å²) in [6, 6.07) is -0.678. The van der Waals surface area contributed by atoms with Crippen molar-refractivity contribution in [2.45, 2.75) is 93.6 Å². The summed E-state index contributed by atoms with van der Waals surface area (Å²) in [5.74, 6) is -1.72. The molecule has 204 valence electrons. The quantitative estimate of drug-likeness (QED) is 0.170. The van der Waals surface area contributed by atoms with Crippen LogP contribution in [0.1, 0.15) is 67.2 Å². The van der Waals surface area contributed by atoms with Crippen LogP contribution in [0.3, 0.4) is 0 Å². The monoisotopic (exact) mass is 586 g/mol. The van der Waals surface area contributed by atoms with Crippen LogP contribution in [0.4, 0.5) is 0 Å². The molecule has 2 bridgehead atoms. The van der Waals surface area contributed by atoms with Gasteiger partial charge in [-0.3, -0.25) is 14.4 Å². The van der Waals surface area contributed by atoms with Gasteiger partial charge in [0.05, 0.1) is 23.2 Å². The molecule has 3 aliphatic heterocycles. The summed E-state index contributed by atoms with van der Waals surface area (Å²) in [6.45, 7) is 17.4. The Kier molecular flexibility index (Phi) is 8.99. The number of halogens is 1. The highest BCUT2D eigenvalue weighted by Gasteiger charge is 2.76. The van der Waals surface area contributed by atoms with E-state index in [1.54, 1.807) is 29.7 Å². The van der Waals surface area contributed by atoms with Crippen molar-refractivity contribution in [2.24, 2.45) is 17.3 Å². The third kappa shape index (κ3) is 5.26. The average molecular weight is 588 g/mol. The normalized spacial score (nSPS) is 31.5. The molecule has 0 aliphatic carbocycles. The minimum absolute atomic E-state index is 0.00709. The summed E-state index contributed by atoms with van der Waals surface area (Å²) in [5, 5.41) is 9.26. The number of thioether (sulfide) groups is 1. The second-order valence-electron chi connectivity index (χ2n) is 12.2. The molecule has 3 unspecified atom stereocenters. The fourth-order valence-electron chi connectivity index (χ4n) is 6.86. The summed E-state index contributed by atoms with van der Waals surface area (Å²) in [7, 11) is 0. The van der Waals surface area contributed by atoms with Crippen LogP contribution in [-0.4, -0.2) is 85.4 Å². The summed E-state index contributed by atoms with van der Waals surface area (Å²) in [6.07, 6.45) is 4.31. The molecule has 0 radical (unpaired) electrons. The molecule has 3 aliphatic rings. The minimum Gasteiger partial charge on any atom is -0.466 e. The number of unbranched alkanes of at least 4 members (excludes halogenated alkanes) is 1. The molecule has 3 heterocycles. The van der Waals surface area contributed by atoms with Crippen LogP contribution >= 0.6 is 27.7 Å². The molecule has 0 aromatic heterocycles. The maximum atomic E-state index is 14.6. The maximum Gasteiger partial charge on any atom is 0.310 e. The molecule has 3 rings (SSSR count). The van der Waals surface area contributed by atoms with Crippen molar-refractivity contribution in [1.29, 1.82) is 0 Å². The Labute approximate surface area is 228 Å². The number of aliphatic hydroxyl groups is 1. The molecular weight excluding hydrogens is 544 g/mol. The van der Waals surface area contributed by atoms with Crippen molar-refractivity contribution in [3.8, 4) is 0 Å². The molecule has 6 atom stereocenters. The number of nitrogens with zero attached hydrogens (tertiary/aromatic N) is 2. The highest BCUT2D eigenvalue weighted by Crippen LogP contribution is 2.68. The summed E-state index contributed by atoms with van der Waals surface area (Å²) in [4.78, 5) is 45.3. The first-order valence-electron chi connectivity index (χ1n) is 13.1. The van der Waals surface area contributed by atoms with Crippen molar-refractivity contribution in [3.05, 3.63) is 12.7 Å². The van der Waals surface area contributed by atoms with E-state index in [4.69, 9.17) is 4.74 Å². The SMILES string of the molecule is C=CCN(C(=O)C1N(CCCCO)C(=O)[C@@H]2[C@@H](C(=O)OCC)[C@@H]3SC12CC3Br)C(C)(C)CC(C)(C)C. The van der Waals surface area contributed by atoms with E-state index in [9.17, 15) is 19.5 Å². The van der Waals surface area contributed by atoms with Gasteiger partial charge >= 0.3 is 5.97 Å². The Morgan fingerprint density at radius 3 is 2.53 bits per heavy atom. The Morgan fingerprint density at radius 1 is 1.31 bits per heavy atom. The Hall–Kier alpha value is -1.06. The number of hydrogen-bond acceptors (Lipinski definition) is 6. The van der Waals surface area contributed by atoms with E-state index in [0.717, 1.165) is 6.42 Å². The number of hydrogen-bond donors (Lipinski definition) is 1. The predicted octanol–water partition coefficient (Wildman–Crippen LogP) is 4.02. The first kappa shape index (κ1) is 29.5. The predicted molar refractivity (Wildman–Crippen MR) is 147 cm³/mol. The van der Waals surface area contributed by atoms with Gasteiger partial charge in [-0.1, -0.05) is 42.8 Å². The fourth-order valence-corrected chi connectivity index (χ4v) is 10.5. The minimum atomic E-state index is -0.694. The van der Waals surface area contributed by atoms with Crippen molar-refractivity contribution < 1.29 is 24.2 Å². The number of fused-ring (bicyclic) bond motifs is 1.